The van der Waals surface area contributed by atoms with Crippen molar-refractivity contribution in [1.29, 1.82) is 0 Å². The van der Waals surface area contributed by atoms with Gasteiger partial charge in [0, 0.05) is 23.0 Å². The Morgan fingerprint density at radius 2 is 1.94 bits per heavy atom. The number of aryl methyl sites for hydroxylation is 2. The van der Waals surface area contributed by atoms with Gasteiger partial charge in [-0.15, -0.1) is 10.2 Å². The maximum atomic E-state index is 12.6. The second-order valence-corrected chi connectivity index (χ2v) is 8.92. The number of nitrogens with zero attached hydrogens (tertiary/aromatic N) is 4. The van der Waals surface area contributed by atoms with Crippen molar-refractivity contribution in [2.45, 2.75) is 19.0 Å². The van der Waals surface area contributed by atoms with Crippen molar-refractivity contribution in [2.75, 3.05) is 11.1 Å². The molecule has 1 N–H and O–H groups in total. The molecule has 4 rings (SSSR count). The fourth-order valence-electron chi connectivity index (χ4n) is 3.23. The molecule has 0 aliphatic heterocycles. The Labute approximate surface area is 200 Å². The molecule has 0 bridgehead atoms. The van der Waals surface area contributed by atoms with Gasteiger partial charge in [0.2, 0.25) is 5.91 Å². The van der Waals surface area contributed by atoms with Gasteiger partial charge in [-0.25, -0.2) is 0 Å². The van der Waals surface area contributed by atoms with Crippen LogP contribution in [0.25, 0.3) is 17.1 Å². The van der Waals surface area contributed by atoms with Crippen molar-refractivity contribution in [3.8, 4) is 17.1 Å². The van der Waals surface area contributed by atoms with E-state index in [4.69, 9.17) is 23.2 Å². The standard InChI is InChI=1S/C23H19Cl2N5OS/c1-14-5-8-20(15(2)10-14)30-22(16-4-3-9-26-12-16)28-29-23(30)32-13-21(31)27-19-7-6-17(24)11-18(19)25/h3-12H,13H2,1-2H3,(H,27,31). The lowest BCUT2D eigenvalue weighted by Crippen LogP contribution is -2.15. The molecule has 0 radical (unpaired) electrons. The molecule has 6 nitrogen and oxygen atoms in total. The number of pyridine rings is 1. The first-order valence-corrected chi connectivity index (χ1v) is 11.5. The summed E-state index contributed by atoms with van der Waals surface area (Å²) >= 11 is 13.4. The first-order chi connectivity index (χ1) is 15.4. The van der Waals surface area contributed by atoms with E-state index in [9.17, 15) is 4.79 Å². The first kappa shape index (κ1) is 22.3. The van der Waals surface area contributed by atoms with Crippen LogP contribution in [0.15, 0.2) is 66.1 Å². The van der Waals surface area contributed by atoms with E-state index in [2.05, 4.69) is 26.6 Å². The molecular formula is C23H19Cl2N5OS. The molecule has 4 aromatic rings. The van der Waals surface area contributed by atoms with Gasteiger partial charge in [0.05, 0.1) is 22.2 Å². The van der Waals surface area contributed by atoms with Crippen LogP contribution < -0.4 is 5.32 Å². The van der Waals surface area contributed by atoms with Crippen molar-refractivity contribution < 1.29 is 4.79 Å². The van der Waals surface area contributed by atoms with Gasteiger partial charge in [0.15, 0.2) is 11.0 Å². The minimum absolute atomic E-state index is 0.134. The van der Waals surface area contributed by atoms with Gasteiger partial charge in [0.1, 0.15) is 0 Å². The number of nitrogens with one attached hydrogen (secondary N) is 1. The van der Waals surface area contributed by atoms with Crippen molar-refractivity contribution in [2.24, 2.45) is 0 Å². The third-order valence-corrected chi connectivity index (χ3v) is 6.16. The van der Waals surface area contributed by atoms with Crippen LogP contribution in [0.2, 0.25) is 10.0 Å². The maximum absolute atomic E-state index is 12.6. The molecular weight excluding hydrogens is 465 g/mol. The zero-order chi connectivity index (χ0) is 22.7. The smallest absolute Gasteiger partial charge is 0.234 e. The van der Waals surface area contributed by atoms with Crippen molar-refractivity contribution >= 4 is 46.6 Å². The number of hydrogen-bond donors (Lipinski definition) is 1. The van der Waals surface area contributed by atoms with E-state index in [0.717, 1.165) is 22.4 Å². The average Bonchev–Trinajstić information content (AvgIpc) is 3.18. The van der Waals surface area contributed by atoms with Crippen LogP contribution in [0.1, 0.15) is 11.1 Å². The Hall–Kier alpha value is -2.87. The molecule has 0 saturated heterocycles. The zero-order valence-corrected chi connectivity index (χ0v) is 19.7. The molecule has 2 aromatic carbocycles. The predicted octanol–water partition coefficient (Wildman–Crippen LogP) is 5.98. The normalized spacial score (nSPS) is 10.9. The molecule has 162 valence electrons. The van der Waals surface area contributed by atoms with Crippen LogP contribution in [-0.2, 0) is 4.79 Å². The minimum atomic E-state index is -0.211. The number of carbonyl (C=O) groups excluding carboxylic acids is 1. The summed E-state index contributed by atoms with van der Waals surface area (Å²) in [5, 5.41) is 13.1. The second-order valence-electron chi connectivity index (χ2n) is 7.13. The van der Waals surface area contributed by atoms with E-state index in [1.54, 1.807) is 30.6 Å². The molecule has 2 heterocycles. The molecule has 0 atom stereocenters. The summed E-state index contributed by atoms with van der Waals surface area (Å²) in [4.78, 5) is 16.8. The summed E-state index contributed by atoms with van der Waals surface area (Å²) in [7, 11) is 0. The van der Waals surface area contributed by atoms with E-state index in [1.165, 1.54) is 11.8 Å². The Balaban J connectivity index is 1.62. The van der Waals surface area contributed by atoms with Crippen LogP contribution in [0.5, 0.6) is 0 Å². The number of rotatable bonds is 6. The third-order valence-electron chi connectivity index (χ3n) is 4.68. The van der Waals surface area contributed by atoms with E-state index in [1.807, 2.05) is 42.7 Å². The van der Waals surface area contributed by atoms with Crippen LogP contribution in [0.3, 0.4) is 0 Å². The van der Waals surface area contributed by atoms with Crippen molar-refractivity contribution in [1.82, 2.24) is 19.7 Å². The number of carbonyl (C=O) groups is 1. The third kappa shape index (κ3) is 4.96. The molecule has 1 amide bonds. The quantitative estimate of drug-likeness (QED) is 0.341. The Bertz CT molecular complexity index is 1280. The van der Waals surface area contributed by atoms with Crippen molar-refractivity contribution in [3.05, 3.63) is 82.1 Å². The lowest BCUT2D eigenvalue weighted by Gasteiger charge is -2.13. The van der Waals surface area contributed by atoms with E-state index >= 15 is 0 Å². The number of anilines is 1. The molecule has 2 aromatic heterocycles. The number of amides is 1. The van der Waals surface area contributed by atoms with Gasteiger partial charge in [-0.2, -0.15) is 0 Å². The molecule has 0 unspecified atom stereocenters. The van der Waals surface area contributed by atoms with Gasteiger partial charge in [-0.1, -0.05) is 52.7 Å². The number of hydrogen-bond acceptors (Lipinski definition) is 5. The molecule has 0 fully saturated rings. The Kier molecular flexibility index (Phi) is 6.79. The topological polar surface area (TPSA) is 72.7 Å². The predicted molar refractivity (Wildman–Crippen MR) is 130 cm³/mol. The summed E-state index contributed by atoms with van der Waals surface area (Å²) in [5.74, 6) is 0.584. The van der Waals surface area contributed by atoms with Gasteiger partial charge in [-0.05, 0) is 55.8 Å². The monoisotopic (exact) mass is 483 g/mol. The van der Waals surface area contributed by atoms with Gasteiger partial charge < -0.3 is 5.32 Å². The van der Waals surface area contributed by atoms with Gasteiger partial charge >= 0.3 is 0 Å². The highest BCUT2D eigenvalue weighted by atomic mass is 35.5. The van der Waals surface area contributed by atoms with E-state index < -0.39 is 0 Å². The largest absolute Gasteiger partial charge is 0.324 e. The number of thioether (sulfide) groups is 1. The highest BCUT2D eigenvalue weighted by Crippen LogP contribution is 2.30. The molecule has 0 aliphatic carbocycles. The summed E-state index contributed by atoms with van der Waals surface area (Å²) in [6, 6.07) is 14.9. The zero-order valence-electron chi connectivity index (χ0n) is 17.3. The molecule has 9 heteroatoms. The first-order valence-electron chi connectivity index (χ1n) is 9.73. The van der Waals surface area contributed by atoms with Crippen molar-refractivity contribution in [3.63, 3.8) is 0 Å². The minimum Gasteiger partial charge on any atom is -0.324 e. The number of aromatic nitrogens is 4. The number of benzene rings is 2. The van der Waals surface area contributed by atoms with Crippen LogP contribution in [0, 0.1) is 13.8 Å². The second kappa shape index (κ2) is 9.73. The Morgan fingerprint density at radius 3 is 2.66 bits per heavy atom. The molecule has 0 saturated carbocycles. The molecule has 0 aliphatic rings. The highest BCUT2D eigenvalue weighted by molar-refractivity contribution is 7.99. The lowest BCUT2D eigenvalue weighted by molar-refractivity contribution is -0.113. The highest BCUT2D eigenvalue weighted by Gasteiger charge is 2.19. The lowest BCUT2D eigenvalue weighted by atomic mass is 10.1. The summed E-state index contributed by atoms with van der Waals surface area (Å²) in [5.41, 5.74) is 4.53. The summed E-state index contributed by atoms with van der Waals surface area (Å²) < 4.78 is 1.96. The van der Waals surface area contributed by atoms with Gasteiger partial charge in [0.25, 0.3) is 0 Å². The molecule has 32 heavy (non-hydrogen) atoms. The summed E-state index contributed by atoms with van der Waals surface area (Å²) in [6.45, 7) is 4.09. The SMILES string of the molecule is Cc1ccc(-n2c(SCC(=O)Nc3ccc(Cl)cc3Cl)nnc2-c2cccnc2)c(C)c1. The van der Waals surface area contributed by atoms with Crippen LogP contribution >= 0.6 is 35.0 Å². The fourth-order valence-corrected chi connectivity index (χ4v) is 4.43. The van der Waals surface area contributed by atoms with E-state index in [0.29, 0.717) is 26.7 Å². The average molecular weight is 484 g/mol. The number of halogens is 2. The van der Waals surface area contributed by atoms with E-state index in [-0.39, 0.29) is 11.7 Å². The Morgan fingerprint density at radius 1 is 1.09 bits per heavy atom. The van der Waals surface area contributed by atoms with Gasteiger partial charge in [-0.3, -0.25) is 14.3 Å². The fraction of sp³-hybridized carbons (Fsp3) is 0.130. The van der Waals surface area contributed by atoms with Crippen LogP contribution in [0.4, 0.5) is 5.69 Å². The van der Waals surface area contributed by atoms with Crippen LogP contribution in [-0.4, -0.2) is 31.4 Å². The maximum Gasteiger partial charge on any atom is 0.234 e. The summed E-state index contributed by atoms with van der Waals surface area (Å²) in [6.07, 6.45) is 3.46. The molecule has 0 spiro atoms.